The summed E-state index contributed by atoms with van der Waals surface area (Å²) in [5, 5.41) is 3.39. The fourth-order valence-electron chi connectivity index (χ4n) is 3.57. The zero-order valence-electron chi connectivity index (χ0n) is 14.2. The third kappa shape index (κ3) is 3.54. The Morgan fingerprint density at radius 1 is 1.41 bits per heavy atom. The molecule has 2 rings (SSSR count). The number of hydrogen-bond acceptors (Lipinski definition) is 4. The highest BCUT2D eigenvalue weighted by Gasteiger charge is 2.45. The van der Waals surface area contributed by atoms with Crippen LogP contribution in [0, 0.1) is 5.92 Å². The molecule has 1 unspecified atom stereocenters. The minimum atomic E-state index is -0.438. The molecule has 2 fully saturated rings. The van der Waals surface area contributed by atoms with Crippen molar-refractivity contribution in [2.75, 3.05) is 26.4 Å². The van der Waals surface area contributed by atoms with Gasteiger partial charge in [0.05, 0.1) is 18.8 Å². The molecule has 22 heavy (non-hydrogen) atoms. The van der Waals surface area contributed by atoms with Crippen LogP contribution in [-0.4, -0.2) is 59.7 Å². The van der Waals surface area contributed by atoms with Gasteiger partial charge in [0.2, 0.25) is 5.91 Å². The highest BCUT2D eigenvalue weighted by Crippen LogP contribution is 2.28. The van der Waals surface area contributed by atoms with Gasteiger partial charge in [-0.25, -0.2) is 4.79 Å². The number of nitrogens with zero attached hydrogens (tertiary/aromatic N) is 2. The van der Waals surface area contributed by atoms with Crippen LogP contribution in [0.5, 0.6) is 0 Å². The fraction of sp³-hybridized carbons (Fsp3) is 0.875. The lowest BCUT2D eigenvalue weighted by molar-refractivity contribution is -0.135. The SMILES string of the molecule is CCOC(=O)N1CCC(N2CNC(C)(CC(C)C)C2=O)CC1. The summed E-state index contributed by atoms with van der Waals surface area (Å²) in [5.74, 6) is 0.683. The van der Waals surface area contributed by atoms with E-state index in [-0.39, 0.29) is 18.0 Å². The van der Waals surface area contributed by atoms with Gasteiger partial charge in [0, 0.05) is 19.1 Å². The molecule has 1 atom stereocenters. The van der Waals surface area contributed by atoms with Gasteiger partial charge < -0.3 is 14.5 Å². The minimum Gasteiger partial charge on any atom is -0.450 e. The standard InChI is InChI=1S/C16H29N3O3/c1-5-22-15(21)18-8-6-13(7-9-18)19-11-17-16(4,14(19)20)10-12(2)3/h12-13,17H,5-11H2,1-4H3. The van der Waals surface area contributed by atoms with Crippen molar-refractivity contribution in [1.82, 2.24) is 15.1 Å². The topological polar surface area (TPSA) is 61.9 Å². The quantitative estimate of drug-likeness (QED) is 0.860. The maximum atomic E-state index is 12.7. The molecular formula is C16H29N3O3. The highest BCUT2D eigenvalue weighted by atomic mass is 16.6. The van der Waals surface area contributed by atoms with Gasteiger partial charge in [-0.3, -0.25) is 10.1 Å². The number of hydrogen-bond donors (Lipinski definition) is 1. The molecule has 6 heteroatoms. The van der Waals surface area contributed by atoms with E-state index in [4.69, 9.17) is 4.74 Å². The number of carbonyl (C=O) groups excluding carboxylic acids is 2. The Labute approximate surface area is 133 Å². The van der Waals surface area contributed by atoms with Crippen LogP contribution in [0.25, 0.3) is 0 Å². The molecular weight excluding hydrogens is 282 g/mol. The summed E-state index contributed by atoms with van der Waals surface area (Å²) in [6.45, 7) is 10.4. The number of amides is 2. The van der Waals surface area contributed by atoms with Crippen molar-refractivity contribution < 1.29 is 14.3 Å². The Hall–Kier alpha value is -1.30. The fourth-order valence-corrected chi connectivity index (χ4v) is 3.57. The second kappa shape index (κ2) is 6.86. The second-order valence-electron chi connectivity index (χ2n) is 6.96. The zero-order valence-corrected chi connectivity index (χ0v) is 14.2. The molecule has 0 aromatic carbocycles. The number of piperidine rings is 1. The third-order valence-electron chi connectivity index (χ3n) is 4.62. The molecule has 2 saturated heterocycles. The molecule has 2 aliphatic heterocycles. The van der Waals surface area contributed by atoms with Crippen LogP contribution in [0.15, 0.2) is 0 Å². The van der Waals surface area contributed by atoms with Crippen molar-refractivity contribution in [2.24, 2.45) is 5.92 Å². The molecule has 2 aliphatic rings. The van der Waals surface area contributed by atoms with E-state index < -0.39 is 5.54 Å². The first-order chi connectivity index (χ1) is 10.4. The van der Waals surface area contributed by atoms with Crippen molar-refractivity contribution >= 4 is 12.0 Å². The normalized spacial score (nSPS) is 26.9. The first kappa shape index (κ1) is 17.1. The molecule has 0 aliphatic carbocycles. The summed E-state index contributed by atoms with van der Waals surface area (Å²) >= 11 is 0. The molecule has 2 amide bonds. The molecule has 0 aromatic heterocycles. The van der Waals surface area contributed by atoms with Crippen molar-refractivity contribution in [3.63, 3.8) is 0 Å². The minimum absolute atomic E-state index is 0.204. The van der Waals surface area contributed by atoms with E-state index in [0.29, 0.717) is 32.3 Å². The average molecular weight is 311 g/mol. The second-order valence-corrected chi connectivity index (χ2v) is 6.96. The Balaban J connectivity index is 1.90. The van der Waals surface area contributed by atoms with Gasteiger partial charge in [0.1, 0.15) is 0 Å². The van der Waals surface area contributed by atoms with Crippen LogP contribution >= 0.6 is 0 Å². The summed E-state index contributed by atoms with van der Waals surface area (Å²) in [4.78, 5) is 28.2. The van der Waals surface area contributed by atoms with Gasteiger partial charge >= 0.3 is 6.09 Å². The predicted octanol–water partition coefficient (Wildman–Crippen LogP) is 1.80. The molecule has 6 nitrogen and oxygen atoms in total. The summed E-state index contributed by atoms with van der Waals surface area (Å²) < 4.78 is 5.03. The summed E-state index contributed by atoms with van der Waals surface area (Å²) in [7, 11) is 0. The monoisotopic (exact) mass is 311 g/mol. The van der Waals surface area contributed by atoms with Crippen LogP contribution in [-0.2, 0) is 9.53 Å². The van der Waals surface area contributed by atoms with Crippen molar-refractivity contribution in [2.45, 2.75) is 58.5 Å². The van der Waals surface area contributed by atoms with Crippen molar-refractivity contribution in [3.8, 4) is 0 Å². The van der Waals surface area contributed by atoms with Crippen LogP contribution in [0.3, 0.4) is 0 Å². The van der Waals surface area contributed by atoms with Crippen LogP contribution in [0.4, 0.5) is 4.79 Å². The predicted molar refractivity (Wildman–Crippen MR) is 84.3 cm³/mol. The van der Waals surface area contributed by atoms with E-state index in [1.54, 1.807) is 4.90 Å². The van der Waals surface area contributed by atoms with Gasteiger partial charge in [0.15, 0.2) is 0 Å². The number of likely N-dealkylation sites (tertiary alicyclic amines) is 1. The lowest BCUT2D eigenvalue weighted by atomic mass is 9.90. The molecule has 0 radical (unpaired) electrons. The molecule has 0 spiro atoms. The van der Waals surface area contributed by atoms with E-state index >= 15 is 0 Å². The maximum Gasteiger partial charge on any atom is 0.409 e. The zero-order chi connectivity index (χ0) is 16.3. The van der Waals surface area contributed by atoms with Crippen LogP contribution in [0.2, 0.25) is 0 Å². The van der Waals surface area contributed by atoms with Gasteiger partial charge in [-0.15, -0.1) is 0 Å². The summed E-state index contributed by atoms with van der Waals surface area (Å²) in [6.07, 6.45) is 2.26. The number of carbonyl (C=O) groups is 2. The van der Waals surface area contributed by atoms with E-state index in [1.807, 2.05) is 18.7 Å². The summed E-state index contributed by atoms with van der Waals surface area (Å²) in [5.41, 5.74) is -0.438. The van der Waals surface area contributed by atoms with Gasteiger partial charge in [-0.2, -0.15) is 0 Å². The molecule has 0 aromatic rings. The molecule has 1 N–H and O–H groups in total. The van der Waals surface area contributed by atoms with E-state index in [1.165, 1.54) is 0 Å². The number of rotatable bonds is 4. The lowest BCUT2D eigenvalue weighted by Gasteiger charge is -2.36. The highest BCUT2D eigenvalue weighted by molar-refractivity contribution is 5.88. The molecule has 2 heterocycles. The summed E-state index contributed by atoms with van der Waals surface area (Å²) in [6, 6.07) is 0.222. The van der Waals surface area contributed by atoms with Crippen molar-refractivity contribution in [3.05, 3.63) is 0 Å². The van der Waals surface area contributed by atoms with E-state index in [0.717, 1.165) is 19.3 Å². The lowest BCUT2D eigenvalue weighted by Crippen LogP contribution is -2.50. The van der Waals surface area contributed by atoms with Crippen molar-refractivity contribution in [1.29, 1.82) is 0 Å². The molecule has 126 valence electrons. The van der Waals surface area contributed by atoms with Crippen LogP contribution in [0.1, 0.15) is 47.0 Å². The average Bonchev–Trinajstić information content (AvgIpc) is 2.74. The molecule has 0 bridgehead atoms. The number of nitrogens with one attached hydrogen (secondary N) is 1. The van der Waals surface area contributed by atoms with Gasteiger partial charge in [-0.1, -0.05) is 13.8 Å². The Morgan fingerprint density at radius 3 is 2.59 bits per heavy atom. The number of ether oxygens (including phenoxy) is 1. The third-order valence-corrected chi connectivity index (χ3v) is 4.62. The first-order valence-electron chi connectivity index (χ1n) is 8.35. The van der Waals surface area contributed by atoms with Crippen LogP contribution < -0.4 is 5.32 Å². The van der Waals surface area contributed by atoms with E-state index in [2.05, 4.69) is 19.2 Å². The Morgan fingerprint density at radius 2 is 2.05 bits per heavy atom. The maximum absolute atomic E-state index is 12.7. The van der Waals surface area contributed by atoms with E-state index in [9.17, 15) is 9.59 Å². The van der Waals surface area contributed by atoms with Gasteiger partial charge in [0.25, 0.3) is 0 Å². The Bertz CT molecular complexity index is 419. The molecule has 0 saturated carbocycles. The smallest absolute Gasteiger partial charge is 0.409 e. The largest absolute Gasteiger partial charge is 0.450 e. The van der Waals surface area contributed by atoms with Gasteiger partial charge in [-0.05, 0) is 39.0 Å². The Kier molecular flexibility index (Phi) is 5.32. The first-order valence-corrected chi connectivity index (χ1v) is 8.35.